The van der Waals surface area contributed by atoms with E-state index in [0.717, 1.165) is 53.3 Å². The van der Waals surface area contributed by atoms with E-state index in [4.69, 9.17) is 15.5 Å². The van der Waals surface area contributed by atoms with Crippen molar-refractivity contribution in [3.8, 4) is 28.3 Å². The quantitative estimate of drug-likeness (QED) is 0.642. The minimum absolute atomic E-state index is 0.148. The molecule has 4 nitrogen and oxygen atoms in total. The molecule has 5 rings (SSSR count). The van der Waals surface area contributed by atoms with Crippen LogP contribution in [0.4, 0.5) is 5.69 Å². The summed E-state index contributed by atoms with van der Waals surface area (Å²) in [4.78, 5) is 7.40. The SMILES string of the molecule is CC(C)N1CCOc2nc(-c3ccc(C4(N)CCC4)cc3)c(-c3ccccc3)cc21. The highest BCUT2D eigenvalue weighted by Gasteiger charge is 2.34. The van der Waals surface area contributed by atoms with Crippen LogP contribution in [-0.4, -0.2) is 24.2 Å². The Balaban J connectivity index is 1.64. The molecule has 0 saturated heterocycles. The average Bonchev–Trinajstić information content (AvgIpc) is 2.76. The van der Waals surface area contributed by atoms with Crippen LogP contribution in [-0.2, 0) is 5.54 Å². The van der Waals surface area contributed by atoms with Gasteiger partial charge in [-0.2, -0.15) is 0 Å². The van der Waals surface area contributed by atoms with Gasteiger partial charge >= 0.3 is 0 Å². The summed E-state index contributed by atoms with van der Waals surface area (Å²) in [6.45, 7) is 5.98. The average molecular weight is 400 g/mol. The van der Waals surface area contributed by atoms with E-state index < -0.39 is 0 Å². The molecule has 0 amide bonds. The lowest BCUT2D eigenvalue weighted by molar-refractivity contribution is 0.253. The molecule has 2 aromatic carbocycles. The van der Waals surface area contributed by atoms with Crippen LogP contribution in [0.15, 0.2) is 60.7 Å². The number of aromatic nitrogens is 1. The highest BCUT2D eigenvalue weighted by atomic mass is 16.5. The molecule has 1 aliphatic carbocycles. The second-order valence-corrected chi connectivity index (χ2v) is 8.80. The van der Waals surface area contributed by atoms with E-state index in [0.29, 0.717) is 12.6 Å². The first-order valence-corrected chi connectivity index (χ1v) is 10.9. The monoisotopic (exact) mass is 399 g/mol. The van der Waals surface area contributed by atoms with E-state index in [2.05, 4.69) is 73.3 Å². The highest BCUT2D eigenvalue weighted by molar-refractivity contribution is 5.85. The molecule has 3 aromatic rings. The van der Waals surface area contributed by atoms with Gasteiger partial charge in [0.2, 0.25) is 5.88 Å². The fourth-order valence-electron chi connectivity index (χ4n) is 4.56. The van der Waals surface area contributed by atoms with Gasteiger partial charge in [-0.3, -0.25) is 0 Å². The van der Waals surface area contributed by atoms with E-state index in [9.17, 15) is 0 Å². The molecule has 30 heavy (non-hydrogen) atoms. The maximum Gasteiger partial charge on any atom is 0.238 e. The molecule has 154 valence electrons. The Morgan fingerprint density at radius 3 is 2.37 bits per heavy atom. The lowest BCUT2D eigenvalue weighted by Crippen LogP contribution is -2.43. The van der Waals surface area contributed by atoms with Crippen molar-refractivity contribution >= 4 is 5.69 Å². The first-order chi connectivity index (χ1) is 14.5. The van der Waals surface area contributed by atoms with Gasteiger partial charge in [0.25, 0.3) is 0 Å². The molecule has 2 heterocycles. The molecular weight excluding hydrogens is 370 g/mol. The van der Waals surface area contributed by atoms with Gasteiger partial charge in [-0.05, 0) is 50.3 Å². The molecular formula is C26H29N3O. The Kier molecular flexibility index (Phi) is 4.75. The van der Waals surface area contributed by atoms with Crippen LogP contribution in [0.25, 0.3) is 22.4 Å². The number of fused-ring (bicyclic) bond motifs is 1. The summed E-state index contributed by atoms with van der Waals surface area (Å²) in [7, 11) is 0. The topological polar surface area (TPSA) is 51.4 Å². The van der Waals surface area contributed by atoms with Gasteiger partial charge in [0.1, 0.15) is 12.3 Å². The standard InChI is InChI=1S/C26H29N3O/c1-18(2)29-15-16-30-25-23(29)17-22(19-7-4-3-5-8-19)24(28-25)20-9-11-21(12-10-20)26(27)13-6-14-26/h3-5,7-12,17-18H,6,13-16,27H2,1-2H3. The van der Waals surface area contributed by atoms with Gasteiger partial charge in [-0.25, -0.2) is 4.98 Å². The smallest absolute Gasteiger partial charge is 0.238 e. The molecule has 1 aromatic heterocycles. The molecule has 0 atom stereocenters. The molecule has 0 spiro atoms. The number of hydrogen-bond acceptors (Lipinski definition) is 4. The van der Waals surface area contributed by atoms with Crippen molar-refractivity contribution in [2.75, 3.05) is 18.1 Å². The van der Waals surface area contributed by atoms with Crippen LogP contribution < -0.4 is 15.4 Å². The Hall–Kier alpha value is -2.85. The maximum absolute atomic E-state index is 6.53. The van der Waals surface area contributed by atoms with Crippen molar-refractivity contribution in [3.05, 3.63) is 66.2 Å². The summed E-state index contributed by atoms with van der Waals surface area (Å²) in [5, 5.41) is 0. The Bertz CT molecular complexity index is 1040. The number of ether oxygens (including phenoxy) is 1. The third-order valence-corrected chi connectivity index (χ3v) is 6.54. The summed E-state index contributed by atoms with van der Waals surface area (Å²) >= 11 is 0. The molecule has 0 radical (unpaired) electrons. The number of nitrogens with zero attached hydrogens (tertiary/aromatic N) is 2. The normalized spacial score (nSPS) is 17.3. The summed E-state index contributed by atoms with van der Waals surface area (Å²) in [6.07, 6.45) is 3.35. The van der Waals surface area contributed by atoms with E-state index in [1.165, 1.54) is 12.0 Å². The molecule has 0 unspecified atom stereocenters. The van der Waals surface area contributed by atoms with Crippen LogP contribution in [0.1, 0.15) is 38.7 Å². The summed E-state index contributed by atoms with van der Waals surface area (Å²) in [5.74, 6) is 0.725. The largest absolute Gasteiger partial charge is 0.474 e. The Labute approximate surface area is 178 Å². The third-order valence-electron chi connectivity index (χ3n) is 6.54. The first kappa shape index (κ1) is 19.1. The number of nitrogens with two attached hydrogens (primary N) is 1. The van der Waals surface area contributed by atoms with Crippen LogP contribution in [0.3, 0.4) is 0 Å². The van der Waals surface area contributed by atoms with Gasteiger partial charge < -0.3 is 15.4 Å². The van der Waals surface area contributed by atoms with Gasteiger partial charge in [-0.15, -0.1) is 0 Å². The summed E-state index contributed by atoms with van der Waals surface area (Å²) in [6, 6.07) is 21.8. The Morgan fingerprint density at radius 2 is 1.73 bits per heavy atom. The zero-order valence-corrected chi connectivity index (χ0v) is 17.8. The van der Waals surface area contributed by atoms with Crippen LogP contribution in [0.2, 0.25) is 0 Å². The summed E-state index contributed by atoms with van der Waals surface area (Å²) in [5.41, 5.74) is 13.0. The Morgan fingerprint density at radius 1 is 1.00 bits per heavy atom. The summed E-state index contributed by atoms with van der Waals surface area (Å²) < 4.78 is 5.99. The number of pyridine rings is 1. The molecule has 0 bridgehead atoms. The van der Waals surface area contributed by atoms with Crippen molar-refractivity contribution in [2.24, 2.45) is 5.73 Å². The zero-order chi connectivity index (χ0) is 20.7. The molecule has 2 N–H and O–H groups in total. The van der Waals surface area contributed by atoms with E-state index >= 15 is 0 Å². The van der Waals surface area contributed by atoms with Gasteiger partial charge in [0.15, 0.2) is 0 Å². The number of anilines is 1. The number of hydrogen-bond donors (Lipinski definition) is 1. The zero-order valence-electron chi connectivity index (χ0n) is 17.8. The lowest BCUT2D eigenvalue weighted by atomic mass is 9.72. The van der Waals surface area contributed by atoms with Crippen molar-refractivity contribution < 1.29 is 4.74 Å². The van der Waals surface area contributed by atoms with E-state index in [1.807, 2.05) is 6.07 Å². The van der Waals surface area contributed by atoms with Crippen molar-refractivity contribution in [1.29, 1.82) is 0 Å². The maximum atomic E-state index is 6.53. The molecule has 4 heteroatoms. The molecule has 1 fully saturated rings. The predicted molar refractivity (Wildman–Crippen MR) is 123 cm³/mol. The predicted octanol–water partition coefficient (Wildman–Crippen LogP) is 5.36. The van der Waals surface area contributed by atoms with Crippen molar-refractivity contribution in [2.45, 2.75) is 44.7 Å². The van der Waals surface area contributed by atoms with Crippen LogP contribution >= 0.6 is 0 Å². The lowest BCUT2D eigenvalue weighted by Gasteiger charge is -2.38. The molecule has 2 aliphatic rings. The van der Waals surface area contributed by atoms with E-state index in [-0.39, 0.29) is 5.54 Å². The van der Waals surface area contributed by atoms with Gasteiger partial charge in [-0.1, -0.05) is 54.6 Å². The molecule has 1 saturated carbocycles. The number of rotatable bonds is 4. The minimum Gasteiger partial charge on any atom is -0.474 e. The van der Waals surface area contributed by atoms with Gasteiger partial charge in [0.05, 0.1) is 12.2 Å². The second-order valence-electron chi connectivity index (χ2n) is 8.80. The van der Waals surface area contributed by atoms with Crippen molar-refractivity contribution in [1.82, 2.24) is 4.98 Å². The second kappa shape index (κ2) is 7.44. The number of benzene rings is 2. The first-order valence-electron chi connectivity index (χ1n) is 10.9. The highest BCUT2D eigenvalue weighted by Crippen LogP contribution is 2.42. The van der Waals surface area contributed by atoms with E-state index in [1.54, 1.807) is 0 Å². The molecule has 1 aliphatic heterocycles. The third kappa shape index (κ3) is 3.25. The van der Waals surface area contributed by atoms with Crippen molar-refractivity contribution in [3.63, 3.8) is 0 Å². The van der Waals surface area contributed by atoms with Crippen LogP contribution in [0.5, 0.6) is 5.88 Å². The van der Waals surface area contributed by atoms with Gasteiger partial charge in [0, 0.05) is 22.7 Å². The fraction of sp³-hybridized carbons (Fsp3) is 0.346. The minimum atomic E-state index is -0.148. The fourth-order valence-corrected chi connectivity index (χ4v) is 4.56. The van der Waals surface area contributed by atoms with Crippen LogP contribution in [0, 0.1) is 0 Å².